The molecule has 4 heterocycles. The molecule has 0 bridgehead atoms. The number of hydrogen-bond donors (Lipinski definition) is 2. The van der Waals surface area contributed by atoms with E-state index >= 15 is 4.39 Å². The molecule has 1 atom stereocenters. The molecular formula is C26H33ClFN7O2S. The Morgan fingerprint density at radius 1 is 1.11 bits per heavy atom. The quantitative estimate of drug-likeness (QED) is 0.542. The highest BCUT2D eigenvalue weighted by Gasteiger charge is 2.34. The molecule has 5 rings (SSSR count). The lowest BCUT2D eigenvalue weighted by molar-refractivity contribution is 0.157. The third-order valence-electron chi connectivity index (χ3n) is 7.56. The first-order chi connectivity index (χ1) is 18.1. The average Bonchev–Trinajstić information content (AvgIpc) is 3.53. The van der Waals surface area contributed by atoms with Crippen LogP contribution in [0, 0.1) is 12.7 Å². The second-order valence-corrected chi connectivity index (χ2v) is 12.8. The van der Waals surface area contributed by atoms with Crippen molar-refractivity contribution in [2.45, 2.75) is 45.1 Å². The lowest BCUT2D eigenvalue weighted by atomic mass is 9.86. The fourth-order valence-electron chi connectivity index (χ4n) is 5.48. The number of piperidine rings is 1. The van der Waals surface area contributed by atoms with Gasteiger partial charge in [0.15, 0.2) is 5.82 Å². The monoisotopic (exact) mass is 561 g/mol. The van der Waals surface area contributed by atoms with E-state index in [2.05, 4.69) is 30.5 Å². The molecule has 0 saturated carbocycles. The van der Waals surface area contributed by atoms with Gasteiger partial charge in [-0.1, -0.05) is 11.6 Å². The van der Waals surface area contributed by atoms with Gasteiger partial charge in [0, 0.05) is 19.1 Å². The van der Waals surface area contributed by atoms with E-state index in [0.717, 1.165) is 49.1 Å². The largest absolute Gasteiger partial charge is 0.324 e. The van der Waals surface area contributed by atoms with Crippen molar-refractivity contribution in [3.05, 3.63) is 51.9 Å². The average molecular weight is 562 g/mol. The van der Waals surface area contributed by atoms with E-state index in [0.29, 0.717) is 42.0 Å². The van der Waals surface area contributed by atoms with Gasteiger partial charge in [0.05, 0.1) is 24.7 Å². The van der Waals surface area contributed by atoms with Crippen molar-refractivity contribution in [2.75, 3.05) is 49.6 Å². The summed E-state index contributed by atoms with van der Waals surface area (Å²) in [5.41, 5.74) is 3.46. The van der Waals surface area contributed by atoms with Crippen LogP contribution in [0.25, 0.3) is 0 Å². The highest BCUT2D eigenvalue weighted by molar-refractivity contribution is 7.88. The maximum absolute atomic E-state index is 15.2. The topological polar surface area (TPSA) is 103 Å². The summed E-state index contributed by atoms with van der Waals surface area (Å²) in [6.45, 7) is 7.53. The van der Waals surface area contributed by atoms with Crippen LogP contribution in [0.2, 0.25) is 5.02 Å². The number of rotatable bonds is 6. The number of nitrogens with one attached hydrogen (secondary N) is 2. The van der Waals surface area contributed by atoms with Crippen LogP contribution >= 0.6 is 11.6 Å². The molecule has 0 radical (unpaired) electrons. The molecule has 0 aliphatic carbocycles. The van der Waals surface area contributed by atoms with Gasteiger partial charge in [-0.2, -0.15) is 4.98 Å². The van der Waals surface area contributed by atoms with Crippen molar-refractivity contribution in [1.82, 2.24) is 19.2 Å². The Morgan fingerprint density at radius 2 is 1.87 bits per heavy atom. The number of benzene rings is 1. The fraction of sp³-hybridized carbons (Fsp3) is 0.500. The molecule has 0 amide bonds. The standard InChI is InChI=1S/C26H33ClFN7O2S/c1-16-10-24(29-13-16)32-25-21(27)14-30-26(33-25)31-23-11-17(2)20(12-22(23)28)18-4-7-34(8-5-18)19-6-9-35(15-19)38(3,36)37/h10-12,14,18-19H,4-9,13,15H2,1-3H3,(H2,29,30,31,32,33). The summed E-state index contributed by atoms with van der Waals surface area (Å²) in [6.07, 6.45) is 7.36. The number of amidine groups is 1. The van der Waals surface area contributed by atoms with Gasteiger partial charge in [0.2, 0.25) is 16.0 Å². The minimum Gasteiger partial charge on any atom is -0.324 e. The third kappa shape index (κ3) is 6.01. The number of hydrogen-bond acceptors (Lipinski definition) is 8. The minimum atomic E-state index is -3.14. The highest BCUT2D eigenvalue weighted by atomic mass is 35.5. The van der Waals surface area contributed by atoms with E-state index in [9.17, 15) is 8.42 Å². The molecule has 1 aromatic heterocycles. The lowest BCUT2D eigenvalue weighted by Crippen LogP contribution is -2.43. The van der Waals surface area contributed by atoms with Crippen molar-refractivity contribution < 1.29 is 12.8 Å². The Balaban J connectivity index is 1.23. The van der Waals surface area contributed by atoms with Crippen LogP contribution in [0.5, 0.6) is 0 Å². The van der Waals surface area contributed by atoms with Crippen LogP contribution in [-0.2, 0) is 10.0 Å². The van der Waals surface area contributed by atoms with Crippen molar-refractivity contribution in [1.29, 1.82) is 0 Å². The maximum Gasteiger partial charge on any atom is 0.229 e. The van der Waals surface area contributed by atoms with Crippen LogP contribution < -0.4 is 10.6 Å². The number of likely N-dealkylation sites (tertiary alicyclic amines) is 1. The Kier molecular flexibility index (Phi) is 7.72. The van der Waals surface area contributed by atoms with Crippen molar-refractivity contribution in [3.63, 3.8) is 0 Å². The van der Waals surface area contributed by atoms with Crippen LogP contribution in [0.3, 0.4) is 0 Å². The number of anilines is 3. The first-order valence-corrected chi connectivity index (χ1v) is 15.1. The summed E-state index contributed by atoms with van der Waals surface area (Å²) in [6, 6.07) is 3.68. The Hall–Kier alpha value is -2.60. The molecule has 2 N–H and O–H groups in total. The zero-order valence-corrected chi connectivity index (χ0v) is 23.4. The number of halogens is 2. The van der Waals surface area contributed by atoms with Crippen molar-refractivity contribution >= 4 is 44.9 Å². The van der Waals surface area contributed by atoms with Gasteiger partial charge in [-0.15, -0.1) is 0 Å². The number of sulfonamides is 1. The van der Waals surface area contributed by atoms with E-state index in [4.69, 9.17) is 11.6 Å². The number of aryl methyl sites for hydroxylation is 1. The zero-order valence-electron chi connectivity index (χ0n) is 21.8. The Bertz CT molecular complexity index is 1390. The van der Waals surface area contributed by atoms with Gasteiger partial charge in [0.25, 0.3) is 0 Å². The van der Waals surface area contributed by atoms with Crippen molar-refractivity contribution in [2.24, 2.45) is 4.99 Å². The summed E-state index contributed by atoms with van der Waals surface area (Å²) in [5, 5.41) is 6.43. The molecule has 3 aliphatic rings. The molecule has 3 aliphatic heterocycles. The molecule has 2 saturated heterocycles. The van der Waals surface area contributed by atoms with Crippen molar-refractivity contribution in [3.8, 4) is 0 Å². The highest BCUT2D eigenvalue weighted by Crippen LogP contribution is 2.35. The number of aromatic nitrogens is 2. The van der Waals surface area contributed by atoms with Crippen LogP contribution in [0.4, 0.5) is 21.8 Å². The van der Waals surface area contributed by atoms with E-state index in [-0.39, 0.29) is 23.7 Å². The molecule has 12 heteroatoms. The van der Waals surface area contributed by atoms with E-state index in [1.807, 2.05) is 19.9 Å². The number of aliphatic imine (C=N–C) groups is 1. The van der Waals surface area contributed by atoms with Gasteiger partial charge in [-0.3, -0.25) is 9.89 Å². The summed E-state index contributed by atoms with van der Waals surface area (Å²) in [7, 11) is -3.14. The molecule has 204 valence electrons. The minimum absolute atomic E-state index is 0.232. The van der Waals surface area contributed by atoms with Crippen LogP contribution in [0.1, 0.15) is 43.2 Å². The van der Waals surface area contributed by atoms with Crippen LogP contribution in [0.15, 0.2) is 35.0 Å². The molecular weight excluding hydrogens is 529 g/mol. The van der Waals surface area contributed by atoms with Gasteiger partial charge < -0.3 is 10.6 Å². The summed E-state index contributed by atoms with van der Waals surface area (Å²) < 4.78 is 40.5. The Labute approximate surface area is 228 Å². The molecule has 38 heavy (non-hydrogen) atoms. The summed E-state index contributed by atoms with van der Waals surface area (Å²) in [5.74, 6) is 1.20. The summed E-state index contributed by atoms with van der Waals surface area (Å²) >= 11 is 6.26. The second kappa shape index (κ2) is 10.9. The first kappa shape index (κ1) is 27.0. The predicted octanol–water partition coefficient (Wildman–Crippen LogP) is 4.30. The molecule has 1 aromatic carbocycles. The predicted molar refractivity (Wildman–Crippen MR) is 150 cm³/mol. The first-order valence-electron chi connectivity index (χ1n) is 12.8. The molecule has 2 aromatic rings. The lowest BCUT2D eigenvalue weighted by Gasteiger charge is -2.36. The van der Waals surface area contributed by atoms with Crippen LogP contribution in [-0.4, -0.2) is 78.4 Å². The third-order valence-corrected chi connectivity index (χ3v) is 9.10. The molecule has 1 unspecified atom stereocenters. The van der Waals surface area contributed by atoms with Gasteiger partial charge in [-0.25, -0.2) is 22.1 Å². The number of nitrogens with zero attached hydrogens (tertiary/aromatic N) is 5. The van der Waals surface area contributed by atoms with E-state index in [1.54, 1.807) is 16.4 Å². The maximum atomic E-state index is 15.2. The smallest absolute Gasteiger partial charge is 0.229 e. The summed E-state index contributed by atoms with van der Waals surface area (Å²) in [4.78, 5) is 15.4. The second-order valence-electron chi connectivity index (χ2n) is 10.4. The SMILES string of the molecule is CC1=CC(Nc2nc(Nc3cc(C)c(C4CCN(C5CCN(S(C)(=O)=O)C5)CC4)cc3F)ncc2Cl)=NC1. The fourth-order valence-corrected chi connectivity index (χ4v) is 6.50. The molecule has 9 nitrogen and oxygen atoms in total. The molecule has 2 fully saturated rings. The Morgan fingerprint density at radius 3 is 2.53 bits per heavy atom. The molecule has 0 spiro atoms. The van der Waals surface area contributed by atoms with Gasteiger partial charge >= 0.3 is 0 Å². The van der Waals surface area contributed by atoms with E-state index in [1.165, 1.54) is 12.5 Å². The normalized spacial score (nSPS) is 21.4. The van der Waals surface area contributed by atoms with Gasteiger partial charge in [-0.05, 0) is 87.0 Å². The zero-order chi connectivity index (χ0) is 27.0. The van der Waals surface area contributed by atoms with Gasteiger partial charge in [0.1, 0.15) is 16.7 Å². The van der Waals surface area contributed by atoms with E-state index < -0.39 is 10.0 Å².